The molecule has 0 bridgehead atoms. The van der Waals surface area contributed by atoms with Crippen LogP contribution in [0.4, 0.5) is 21.6 Å². The first-order chi connectivity index (χ1) is 12.4. The van der Waals surface area contributed by atoms with Crippen molar-refractivity contribution in [1.82, 2.24) is 9.97 Å². The van der Waals surface area contributed by atoms with E-state index >= 15 is 0 Å². The largest absolute Gasteiger partial charge is 0.434 e. The number of aromatic nitrogens is 2. The molecule has 0 saturated carbocycles. The molecule has 0 aliphatic carbocycles. The summed E-state index contributed by atoms with van der Waals surface area (Å²) in [5.41, 5.74) is 0.901. The smallest absolute Gasteiger partial charge is 0.373 e. The molecular formula is C17H12ClFN4O3. The highest BCUT2D eigenvalue weighted by atomic mass is 35.5. The minimum atomic E-state index is -0.656. The van der Waals surface area contributed by atoms with Crippen LogP contribution in [-0.2, 0) is 0 Å². The Morgan fingerprint density at radius 2 is 1.92 bits per heavy atom. The van der Waals surface area contributed by atoms with Crippen molar-refractivity contribution in [2.24, 2.45) is 0 Å². The fraction of sp³-hybridized carbons (Fsp3) is 0.0588. The SMILES string of the molecule is Cc1ccc(Oc2ncnc(Nc3ccc(F)c(Cl)c3)c2[N+](=O)[O-])cc1. The van der Waals surface area contributed by atoms with Crippen LogP contribution >= 0.6 is 11.6 Å². The van der Waals surface area contributed by atoms with Crippen molar-refractivity contribution < 1.29 is 14.1 Å². The maximum absolute atomic E-state index is 13.3. The lowest BCUT2D eigenvalue weighted by atomic mass is 10.2. The fourth-order valence-corrected chi connectivity index (χ4v) is 2.30. The van der Waals surface area contributed by atoms with Crippen LogP contribution in [-0.4, -0.2) is 14.9 Å². The summed E-state index contributed by atoms with van der Waals surface area (Å²) in [5.74, 6) is -0.523. The molecule has 0 atom stereocenters. The van der Waals surface area contributed by atoms with Crippen molar-refractivity contribution in [2.45, 2.75) is 6.92 Å². The van der Waals surface area contributed by atoms with E-state index in [1.807, 2.05) is 19.1 Å². The molecule has 9 heteroatoms. The van der Waals surface area contributed by atoms with Gasteiger partial charge in [-0.05, 0) is 37.3 Å². The molecule has 0 saturated heterocycles. The molecule has 26 heavy (non-hydrogen) atoms. The molecule has 0 amide bonds. The Hall–Kier alpha value is -3.26. The lowest BCUT2D eigenvalue weighted by Gasteiger charge is -2.10. The van der Waals surface area contributed by atoms with Gasteiger partial charge in [-0.1, -0.05) is 29.3 Å². The van der Waals surface area contributed by atoms with E-state index in [9.17, 15) is 14.5 Å². The number of hydrogen-bond donors (Lipinski definition) is 1. The lowest BCUT2D eigenvalue weighted by molar-refractivity contribution is -0.385. The average molecular weight is 375 g/mol. The van der Waals surface area contributed by atoms with Gasteiger partial charge in [0.2, 0.25) is 5.82 Å². The predicted molar refractivity (Wildman–Crippen MR) is 94.6 cm³/mol. The first-order valence-corrected chi connectivity index (χ1v) is 7.78. The number of ether oxygens (including phenoxy) is 1. The quantitative estimate of drug-likeness (QED) is 0.498. The third-order valence-corrected chi connectivity index (χ3v) is 3.68. The Balaban J connectivity index is 1.96. The Bertz CT molecular complexity index is 967. The Labute approximate surface area is 152 Å². The van der Waals surface area contributed by atoms with Crippen molar-refractivity contribution in [3.63, 3.8) is 0 Å². The summed E-state index contributed by atoms with van der Waals surface area (Å²) < 4.78 is 18.8. The molecule has 7 nitrogen and oxygen atoms in total. The molecule has 0 aliphatic heterocycles. The van der Waals surface area contributed by atoms with E-state index in [2.05, 4.69) is 15.3 Å². The van der Waals surface area contributed by atoms with Gasteiger partial charge in [-0.2, -0.15) is 4.98 Å². The molecule has 3 rings (SSSR count). The third-order valence-electron chi connectivity index (χ3n) is 3.39. The zero-order valence-corrected chi connectivity index (χ0v) is 14.2. The van der Waals surface area contributed by atoms with Crippen LogP contribution in [0.15, 0.2) is 48.8 Å². The second kappa shape index (κ2) is 7.32. The number of nitrogens with zero attached hydrogens (tertiary/aromatic N) is 3. The van der Waals surface area contributed by atoms with Crippen LogP contribution in [0, 0.1) is 22.9 Å². The van der Waals surface area contributed by atoms with Gasteiger partial charge < -0.3 is 10.1 Å². The van der Waals surface area contributed by atoms with Gasteiger partial charge in [0.05, 0.1) is 9.95 Å². The number of hydrogen-bond acceptors (Lipinski definition) is 6. The fourth-order valence-electron chi connectivity index (χ4n) is 2.12. The van der Waals surface area contributed by atoms with E-state index < -0.39 is 16.4 Å². The standard InChI is InChI=1S/C17H12ClFN4O3/c1-10-2-5-12(6-3-10)26-17-15(23(24)25)16(20-9-21-17)22-11-4-7-14(19)13(18)8-11/h2-9H,1H3,(H,20,21,22). The van der Waals surface area contributed by atoms with Crippen molar-refractivity contribution in [1.29, 1.82) is 0 Å². The normalized spacial score (nSPS) is 10.4. The molecule has 132 valence electrons. The Kier molecular flexibility index (Phi) is 4.94. The van der Waals surface area contributed by atoms with E-state index in [-0.39, 0.29) is 16.7 Å². The van der Waals surface area contributed by atoms with Gasteiger partial charge in [-0.3, -0.25) is 10.1 Å². The Morgan fingerprint density at radius 1 is 1.19 bits per heavy atom. The molecule has 1 N–H and O–H groups in total. The molecule has 0 spiro atoms. The predicted octanol–water partition coefficient (Wildman–Crippen LogP) is 5.02. The van der Waals surface area contributed by atoms with Crippen LogP contribution in [0.3, 0.4) is 0 Å². The summed E-state index contributed by atoms with van der Waals surface area (Å²) in [6.07, 6.45) is 1.13. The zero-order valence-electron chi connectivity index (χ0n) is 13.4. The summed E-state index contributed by atoms with van der Waals surface area (Å²) in [6.45, 7) is 1.91. The van der Waals surface area contributed by atoms with Gasteiger partial charge in [0.1, 0.15) is 17.9 Å². The number of halogens is 2. The molecular weight excluding hydrogens is 363 g/mol. The maximum Gasteiger partial charge on any atom is 0.373 e. The summed E-state index contributed by atoms with van der Waals surface area (Å²) in [4.78, 5) is 18.6. The van der Waals surface area contributed by atoms with E-state index in [1.165, 1.54) is 12.1 Å². The highest BCUT2D eigenvalue weighted by Crippen LogP contribution is 2.35. The second-order valence-corrected chi connectivity index (χ2v) is 5.71. The van der Waals surface area contributed by atoms with Crippen LogP contribution in [0.2, 0.25) is 5.02 Å². The molecule has 3 aromatic rings. The summed E-state index contributed by atoms with van der Waals surface area (Å²) in [7, 11) is 0. The van der Waals surface area contributed by atoms with Gasteiger partial charge in [0.25, 0.3) is 0 Å². The van der Waals surface area contributed by atoms with Crippen LogP contribution in [0.25, 0.3) is 0 Å². The van der Waals surface area contributed by atoms with Gasteiger partial charge >= 0.3 is 11.6 Å². The highest BCUT2D eigenvalue weighted by molar-refractivity contribution is 6.31. The molecule has 2 aromatic carbocycles. The summed E-state index contributed by atoms with van der Waals surface area (Å²) in [6, 6.07) is 10.8. The number of benzene rings is 2. The molecule has 1 aromatic heterocycles. The van der Waals surface area contributed by atoms with Crippen LogP contribution in [0.5, 0.6) is 11.6 Å². The van der Waals surface area contributed by atoms with E-state index in [0.29, 0.717) is 11.4 Å². The van der Waals surface area contributed by atoms with Crippen molar-refractivity contribution >= 4 is 28.8 Å². The lowest BCUT2D eigenvalue weighted by Crippen LogP contribution is -2.03. The number of rotatable bonds is 5. The molecule has 0 fully saturated rings. The summed E-state index contributed by atoms with van der Waals surface area (Å²) >= 11 is 5.73. The van der Waals surface area contributed by atoms with Crippen molar-refractivity contribution in [3.05, 3.63) is 75.3 Å². The number of nitro groups is 1. The monoisotopic (exact) mass is 374 g/mol. The maximum atomic E-state index is 13.3. The number of aryl methyl sites for hydroxylation is 1. The molecule has 0 aliphatic rings. The third kappa shape index (κ3) is 3.86. The molecule has 0 unspecified atom stereocenters. The van der Waals surface area contributed by atoms with Crippen molar-refractivity contribution in [3.8, 4) is 11.6 Å². The van der Waals surface area contributed by atoms with Gasteiger partial charge in [-0.15, -0.1) is 0 Å². The molecule has 1 heterocycles. The van der Waals surface area contributed by atoms with Gasteiger partial charge in [0, 0.05) is 5.69 Å². The first kappa shape index (κ1) is 17.6. The molecule has 0 radical (unpaired) electrons. The average Bonchev–Trinajstić information content (AvgIpc) is 2.60. The zero-order chi connectivity index (χ0) is 18.7. The van der Waals surface area contributed by atoms with Crippen LogP contribution < -0.4 is 10.1 Å². The number of anilines is 2. The van der Waals surface area contributed by atoms with E-state index in [0.717, 1.165) is 18.0 Å². The minimum absolute atomic E-state index is 0.102. The Morgan fingerprint density at radius 3 is 2.58 bits per heavy atom. The topological polar surface area (TPSA) is 90.2 Å². The first-order valence-electron chi connectivity index (χ1n) is 7.40. The highest BCUT2D eigenvalue weighted by Gasteiger charge is 2.25. The summed E-state index contributed by atoms with van der Waals surface area (Å²) in [5, 5.41) is 14.1. The van der Waals surface area contributed by atoms with Crippen molar-refractivity contribution in [2.75, 3.05) is 5.32 Å². The minimum Gasteiger partial charge on any atom is -0.434 e. The van der Waals surface area contributed by atoms with Gasteiger partial charge in [-0.25, -0.2) is 9.37 Å². The van der Waals surface area contributed by atoms with Crippen LogP contribution in [0.1, 0.15) is 5.56 Å². The van der Waals surface area contributed by atoms with Gasteiger partial charge in [0.15, 0.2) is 0 Å². The van der Waals surface area contributed by atoms with E-state index in [4.69, 9.17) is 16.3 Å². The van der Waals surface area contributed by atoms with E-state index in [1.54, 1.807) is 12.1 Å². The second-order valence-electron chi connectivity index (χ2n) is 5.30. The number of nitrogens with one attached hydrogen (secondary N) is 1.